The summed E-state index contributed by atoms with van der Waals surface area (Å²) in [7, 11) is 0. The third kappa shape index (κ3) is 2.95. The number of anilines is 1. The molecule has 7 nitrogen and oxygen atoms in total. The second-order valence-corrected chi connectivity index (χ2v) is 5.39. The molecule has 0 saturated carbocycles. The summed E-state index contributed by atoms with van der Waals surface area (Å²) in [6.07, 6.45) is 4.09. The molecule has 2 fully saturated rings. The van der Waals surface area contributed by atoms with Crippen molar-refractivity contribution in [3.63, 3.8) is 0 Å². The molecule has 1 aromatic heterocycles. The van der Waals surface area contributed by atoms with Gasteiger partial charge in [0.2, 0.25) is 5.91 Å². The first-order valence-electron chi connectivity index (χ1n) is 7.30. The van der Waals surface area contributed by atoms with Crippen LogP contribution in [0.4, 0.5) is 5.82 Å². The number of nitrogens with zero attached hydrogens (tertiary/aromatic N) is 5. The summed E-state index contributed by atoms with van der Waals surface area (Å²) < 4.78 is 0. The largest absolute Gasteiger partial charge is 0.356 e. The SMILES string of the molecule is N#Cc1cc(N2CCC(C(=O)N3CCCN3)CC2)ncn1. The molecule has 3 rings (SSSR count). The third-order valence-corrected chi connectivity index (χ3v) is 4.06. The topological polar surface area (TPSA) is 85.2 Å². The van der Waals surface area contributed by atoms with Crippen LogP contribution in [0.15, 0.2) is 12.4 Å². The van der Waals surface area contributed by atoms with Crippen LogP contribution in [0.2, 0.25) is 0 Å². The fourth-order valence-corrected chi connectivity index (χ4v) is 2.88. The van der Waals surface area contributed by atoms with Crippen LogP contribution in [0.25, 0.3) is 0 Å². The van der Waals surface area contributed by atoms with Crippen LogP contribution in [0.1, 0.15) is 25.0 Å². The molecule has 2 aliphatic rings. The van der Waals surface area contributed by atoms with Crippen molar-refractivity contribution in [3.05, 3.63) is 18.1 Å². The van der Waals surface area contributed by atoms with E-state index in [1.165, 1.54) is 6.33 Å². The van der Waals surface area contributed by atoms with Crippen molar-refractivity contribution in [3.8, 4) is 6.07 Å². The minimum Gasteiger partial charge on any atom is -0.356 e. The van der Waals surface area contributed by atoms with Gasteiger partial charge in [0.15, 0.2) is 0 Å². The molecule has 1 aromatic rings. The summed E-state index contributed by atoms with van der Waals surface area (Å²) in [5.74, 6) is 1.07. The molecule has 0 atom stereocenters. The number of carbonyl (C=O) groups excluding carboxylic acids is 1. The van der Waals surface area contributed by atoms with Crippen LogP contribution in [0, 0.1) is 17.2 Å². The normalized spacial score (nSPS) is 19.6. The molecule has 1 N–H and O–H groups in total. The quantitative estimate of drug-likeness (QED) is 0.841. The number of rotatable bonds is 2. The van der Waals surface area contributed by atoms with Crippen LogP contribution in [-0.2, 0) is 4.79 Å². The third-order valence-electron chi connectivity index (χ3n) is 4.06. The van der Waals surface area contributed by atoms with Crippen LogP contribution >= 0.6 is 0 Å². The van der Waals surface area contributed by atoms with Crippen molar-refractivity contribution in [1.82, 2.24) is 20.4 Å². The molecular formula is C14H18N6O. The van der Waals surface area contributed by atoms with Gasteiger partial charge < -0.3 is 4.90 Å². The summed E-state index contributed by atoms with van der Waals surface area (Å²) in [6.45, 7) is 3.28. The standard InChI is InChI=1S/C14H18N6O/c15-9-12-8-13(17-10-16-12)19-6-2-11(3-7-19)14(21)20-5-1-4-18-20/h8,10-11,18H,1-7H2. The van der Waals surface area contributed by atoms with Crippen molar-refractivity contribution >= 4 is 11.7 Å². The van der Waals surface area contributed by atoms with Crippen molar-refractivity contribution in [2.75, 3.05) is 31.1 Å². The zero-order valence-corrected chi connectivity index (χ0v) is 11.8. The fraction of sp³-hybridized carbons (Fsp3) is 0.571. The van der Waals surface area contributed by atoms with Gasteiger partial charge in [-0.1, -0.05) is 0 Å². The molecule has 0 aromatic carbocycles. The maximum absolute atomic E-state index is 12.3. The molecule has 2 aliphatic heterocycles. The average molecular weight is 286 g/mol. The number of hydrazine groups is 1. The van der Waals surface area contributed by atoms with E-state index >= 15 is 0 Å². The monoisotopic (exact) mass is 286 g/mol. The van der Waals surface area contributed by atoms with E-state index in [-0.39, 0.29) is 11.8 Å². The lowest BCUT2D eigenvalue weighted by molar-refractivity contribution is -0.137. The number of piperidine rings is 1. The average Bonchev–Trinajstić information content (AvgIpc) is 3.09. The molecule has 2 saturated heterocycles. The molecule has 0 unspecified atom stereocenters. The van der Waals surface area contributed by atoms with E-state index in [9.17, 15) is 4.79 Å². The van der Waals surface area contributed by atoms with E-state index in [0.29, 0.717) is 5.69 Å². The first-order chi connectivity index (χ1) is 10.3. The lowest BCUT2D eigenvalue weighted by Gasteiger charge is -2.33. The maximum Gasteiger partial charge on any atom is 0.239 e. The highest BCUT2D eigenvalue weighted by atomic mass is 16.2. The van der Waals surface area contributed by atoms with Gasteiger partial charge in [-0.15, -0.1) is 0 Å². The van der Waals surface area contributed by atoms with Crippen LogP contribution < -0.4 is 10.3 Å². The smallest absolute Gasteiger partial charge is 0.239 e. The molecular weight excluding hydrogens is 268 g/mol. The summed E-state index contributed by atoms with van der Waals surface area (Å²) in [5.41, 5.74) is 3.50. The van der Waals surface area contributed by atoms with Crippen LogP contribution in [-0.4, -0.2) is 47.1 Å². The van der Waals surface area contributed by atoms with Crippen molar-refractivity contribution in [1.29, 1.82) is 5.26 Å². The number of hydrogen-bond donors (Lipinski definition) is 1. The Bertz CT molecular complexity index is 555. The zero-order chi connectivity index (χ0) is 14.7. The molecule has 7 heteroatoms. The molecule has 0 bridgehead atoms. The first kappa shape index (κ1) is 13.8. The number of amides is 1. The highest BCUT2D eigenvalue weighted by molar-refractivity contribution is 5.79. The Kier molecular flexibility index (Phi) is 3.97. The maximum atomic E-state index is 12.3. The molecule has 110 valence electrons. The second-order valence-electron chi connectivity index (χ2n) is 5.39. The molecule has 0 aliphatic carbocycles. The van der Waals surface area contributed by atoms with Gasteiger partial charge in [-0.25, -0.2) is 15.4 Å². The van der Waals surface area contributed by atoms with Gasteiger partial charge in [-0.2, -0.15) is 5.26 Å². The molecule has 0 radical (unpaired) electrons. The van der Waals surface area contributed by atoms with Gasteiger partial charge in [0.05, 0.1) is 0 Å². The van der Waals surface area contributed by atoms with Crippen LogP contribution in [0.3, 0.4) is 0 Å². The van der Waals surface area contributed by atoms with E-state index in [2.05, 4.69) is 20.3 Å². The van der Waals surface area contributed by atoms with Crippen LogP contribution in [0.5, 0.6) is 0 Å². The Morgan fingerprint density at radius 1 is 1.33 bits per heavy atom. The Labute approximate surface area is 123 Å². The zero-order valence-electron chi connectivity index (χ0n) is 11.8. The minimum absolute atomic E-state index is 0.0872. The van der Waals surface area contributed by atoms with Gasteiger partial charge >= 0.3 is 0 Å². The lowest BCUT2D eigenvalue weighted by atomic mass is 9.95. The summed E-state index contributed by atoms with van der Waals surface area (Å²) in [6, 6.07) is 3.72. The molecule has 3 heterocycles. The number of hydrogen-bond acceptors (Lipinski definition) is 6. The fourth-order valence-electron chi connectivity index (χ4n) is 2.88. The number of nitrogens with one attached hydrogen (secondary N) is 1. The predicted octanol–water partition coefficient (Wildman–Crippen LogP) is 0.302. The minimum atomic E-state index is 0.0872. The Morgan fingerprint density at radius 3 is 2.81 bits per heavy atom. The van der Waals surface area contributed by atoms with Crippen molar-refractivity contribution < 1.29 is 4.79 Å². The number of aromatic nitrogens is 2. The molecule has 21 heavy (non-hydrogen) atoms. The van der Waals surface area contributed by atoms with Crippen molar-refractivity contribution in [2.24, 2.45) is 5.92 Å². The van der Waals surface area contributed by atoms with E-state index in [0.717, 1.165) is 51.3 Å². The van der Waals surface area contributed by atoms with Gasteiger partial charge in [-0.3, -0.25) is 9.80 Å². The van der Waals surface area contributed by atoms with Gasteiger partial charge in [0, 0.05) is 38.2 Å². The van der Waals surface area contributed by atoms with Gasteiger partial charge in [0.1, 0.15) is 23.9 Å². The Hall–Kier alpha value is -2.20. The summed E-state index contributed by atoms with van der Waals surface area (Å²) in [5, 5.41) is 10.6. The van der Waals surface area contributed by atoms with E-state index in [1.54, 1.807) is 11.1 Å². The Balaban J connectivity index is 1.59. The first-order valence-corrected chi connectivity index (χ1v) is 7.30. The van der Waals surface area contributed by atoms with Gasteiger partial charge in [0.25, 0.3) is 0 Å². The van der Waals surface area contributed by atoms with Crippen molar-refractivity contribution in [2.45, 2.75) is 19.3 Å². The van der Waals surface area contributed by atoms with E-state index in [4.69, 9.17) is 5.26 Å². The Morgan fingerprint density at radius 2 is 2.14 bits per heavy atom. The van der Waals surface area contributed by atoms with Gasteiger partial charge in [-0.05, 0) is 19.3 Å². The number of nitriles is 1. The second kappa shape index (κ2) is 6.06. The summed E-state index contributed by atoms with van der Waals surface area (Å²) in [4.78, 5) is 22.5. The molecule has 0 spiro atoms. The number of carbonyl (C=O) groups is 1. The highest BCUT2D eigenvalue weighted by Crippen LogP contribution is 2.23. The molecule has 1 amide bonds. The van der Waals surface area contributed by atoms with E-state index < -0.39 is 0 Å². The summed E-state index contributed by atoms with van der Waals surface area (Å²) >= 11 is 0. The lowest BCUT2D eigenvalue weighted by Crippen LogP contribution is -2.45. The predicted molar refractivity (Wildman–Crippen MR) is 76.0 cm³/mol. The highest BCUT2D eigenvalue weighted by Gasteiger charge is 2.30. The van der Waals surface area contributed by atoms with E-state index in [1.807, 2.05) is 6.07 Å².